The number of ether oxygens (including phenoxy) is 1. The second-order valence-electron chi connectivity index (χ2n) is 3.65. The first-order valence-corrected chi connectivity index (χ1v) is 6.04. The highest BCUT2D eigenvalue weighted by molar-refractivity contribution is 7.99. The molecule has 1 aromatic heterocycles. The Morgan fingerprint density at radius 1 is 1.47 bits per heavy atom. The summed E-state index contributed by atoms with van der Waals surface area (Å²) in [6.45, 7) is 4.34. The highest BCUT2D eigenvalue weighted by atomic mass is 32.2. The van der Waals surface area contributed by atoms with Crippen molar-refractivity contribution in [3.05, 3.63) is 24.0 Å². The van der Waals surface area contributed by atoms with Gasteiger partial charge in [-0.3, -0.25) is 4.98 Å². The monoisotopic (exact) mass is 226 g/mol. The molecule has 4 heteroatoms. The fraction of sp³-hybridized carbons (Fsp3) is 0.545. The molecule has 0 amide bonds. The third-order valence-corrected chi connectivity index (χ3v) is 3.23. The van der Waals surface area contributed by atoms with Crippen molar-refractivity contribution in [3.63, 3.8) is 0 Å². The molecule has 1 unspecified atom stereocenters. The van der Waals surface area contributed by atoms with Gasteiger partial charge in [0.25, 0.3) is 0 Å². The minimum absolute atomic E-state index is 0.0278. The van der Waals surface area contributed by atoms with Crippen LogP contribution in [0.15, 0.2) is 18.5 Å². The van der Waals surface area contributed by atoms with E-state index in [1.807, 2.05) is 17.8 Å². The molecule has 0 bridgehead atoms. The smallest absolute Gasteiger partial charge is 0.137 e. The second-order valence-corrected chi connectivity index (χ2v) is 5.26. The van der Waals surface area contributed by atoms with Crippen molar-refractivity contribution >= 4 is 11.8 Å². The molecule has 84 valence electrons. The van der Waals surface area contributed by atoms with E-state index in [4.69, 9.17) is 10.5 Å². The van der Waals surface area contributed by atoms with E-state index < -0.39 is 0 Å². The zero-order valence-electron chi connectivity index (χ0n) is 9.43. The molecule has 0 aliphatic heterocycles. The zero-order chi connectivity index (χ0) is 11.3. The Morgan fingerprint density at radius 2 is 2.20 bits per heavy atom. The summed E-state index contributed by atoms with van der Waals surface area (Å²) in [6, 6.07) is 1.97. The topological polar surface area (TPSA) is 48.1 Å². The summed E-state index contributed by atoms with van der Waals surface area (Å²) < 4.78 is 5.11. The van der Waals surface area contributed by atoms with Gasteiger partial charge in [-0.15, -0.1) is 0 Å². The van der Waals surface area contributed by atoms with Crippen LogP contribution in [0.4, 0.5) is 0 Å². The molecule has 0 saturated heterocycles. The van der Waals surface area contributed by atoms with E-state index in [0.717, 1.165) is 17.1 Å². The van der Waals surface area contributed by atoms with E-state index >= 15 is 0 Å². The van der Waals surface area contributed by atoms with Crippen LogP contribution < -0.4 is 10.5 Å². The number of pyridine rings is 1. The fourth-order valence-electron chi connectivity index (χ4n) is 1.14. The molecule has 1 atom stereocenters. The lowest BCUT2D eigenvalue weighted by Gasteiger charge is -2.13. The summed E-state index contributed by atoms with van der Waals surface area (Å²) in [6.07, 6.45) is 3.49. The van der Waals surface area contributed by atoms with Gasteiger partial charge < -0.3 is 10.5 Å². The fourth-order valence-corrected chi connectivity index (χ4v) is 1.93. The predicted molar refractivity (Wildman–Crippen MR) is 65.3 cm³/mol. The summed E-state index contributed by atoms with van der Waals surface area (Å²) in [5.74, 6) is 1.67. The molecule has 1 rings (SSSR count). The summed E-state index contributed by atoms with van der Waals surface area (Å²) in [5, 5.41) is 0.606. The average molecular weight is 226 g/mol. The van der Waals surface area contributed by atoms with Crippen LogP contribution in [-0.2, 0) is 0 Å². The van der Waals surface area contributed by atoms with E-state index in [-0.39, 0.29) is 6.04 Å². The summed E-state index contributed by atoms with van der Waals surface area (Å²) in [4.78, 5) is 4.09. The predicted octanol–water partition coefficient (Wildman–Crippen LogP) is 2.23. The van der Waals surface area contributed by atoms with Gasteiger partial charge in [-0.1, -0.05) is 13.8 Å². The van der Waals surface area contributed by atoms with E-state index in [2.05, 4.69) is 18.8 Å². The first kappa shape index (κ1) is 12.3. The van der Waals surface area contributed by atoms with E-state index in [9.17, 15) is 0 Å². The van der Waals surface area contributed by atoms with Crippen LogP contribution in [0.3, 0.4) is 0 Å². The third-order valence-electron chi connectivity index (χ3n) is 2.01. The SMILES string of the molecule is COc1cncc(C(N)CSC(C)C)c1. The molecule has 0 fully saturated rings. The third kappa shape index (κ3) is 4.10. The lowest BCUT2D eigenvalue weighted by molar-refractivity contribution is 0.412. The molecule has 0 aliphatic rings. The van der Waals surface area contributed by atoms with Crippen LogP contribution in [-0.4, -0.2) is 23.1 Å². The maximum atomic E-state index is 6.05. The average Bonchev–Trinajstić information content (AvgIpc) is 2.26. The van der Waals surface area contributed by atoms with Crippen molar-refractivity contribution in [3.8, 4) is 5.75 Å². The first-order chi connectivity index (χ1) is 7.13. The number of hydrogen-bond donors (Lipinski definition) is 1. The minimum Gasteiger partial charge on any atom is -0.495 e. The Morgan fingerprint density at radius 3 is 2.80 bits per heavy atom. The molecule has 0 saturated carbocycles. The van der Waals surface area contributed by atoms with Crippen LogP contribution in [0.1, 0.15) is 25.5 Å². The van der Waals surface area contributed by atoms with Crippen LogP contribution >= 0.6 is 11.8 Å². The van der Waals surface area contributed by atoms with Crippen molar-refractivity contribution < 1.29 is 4.74 Å². The van der Waals surface area contributed by atoms with Crippen LogP contribution in [0.5, 0.6) is 5.75 Å². The number of nitrogens with two attached hydrogens (primary N) is 1. The second kappa shape index (κ2) is 5.98. The van der Waals surface area contributed by atoms with Gasteiger partial charge in [0.1, 0.15) is 5.75 Å². The van der Waals surface area contributed by atoms with Crippen LogP contribution in [0.2, 0.25) is 0 Å². The molecule has 0 aliphatic carbocycles. The largest absolute Gasteiger partial charge is 0.495 e. The Bertz CT molecular complexity index is 304. The minimum atomic E-state index is 0.0278. The maximum Gasteiger partial charge on any atom is 0.137 e. The van der Waals surface area contributed by atoms with Gasteiger partial charge in [0.15, 0.2) is 0 Å². The van der Waals surface area contributed by atoms with E-state index in [0.29, 0.717) is 5.25 Å². The van der Waals surface area contributed by atoms with Crippen LogP contribution in [0.25, 0.3) is 0 Å². The van der Waals surface area contributed by atoms with E-state index in [1.165, 1.54) is 0 Å². The highest BCUT2D eigenvalue weighted by Crippen LogP contribution is 2.21. The lowest BCUT2D eigenvalue weighted by atomic mass is 10.1. The molecular formula is C11H18N2OS. The van der Waals surface area contributed by atoms with E-state index in [1.54, 1.807) is 19.5 Å². The molecule has 1 aromatic rings. The standard InChI is InChI=1S/C11H18N2OS/c1-8(2)15-7-11(12)9-4-10(14-3)6-13-5-9/h4-6,8,11H,7,12H2,1-3H3. The van der Waals surface area contributed by atoms with Gasteiger partial charge >= 0.3 is 0 Å². The molecule has 2 N–H and O–H groups in total. The molecular weight excluding hydrogens is 208 g/mol. The first-order valence-electron chi connectivity index (χ1n) is 4.99. The van der Waals surface area contributed by atoms with Crippen molar-refractivity contribution in [2.24, 2.45) is 5.73 Å². The molecule has 0 spiro atoms. The van der Waals surface area contributed by atoms with Crippen molar-refractivity contribution in [1.29, 1.82) is 0 Å². The maximum absolute atomic E-state index is 6.05. The summed E-state index contributed by atoms with van der Waals surface area (Å²) >= 11 is 1.85. The molecule has 15 heavy (non-hydrogen) atoms. The quantitative estimate of drug-likeness (QED) is 0.836. The lowest BCUT2D eigenvalue weighted by Crippen LogP contribution is -2.14. The van der Waals surface area contributed by atoms with Gasteiger partial charge in [-0.25, -0.2) is 0 Å². The number of aromatic nitrogens is 1. The molecule has 1 heterocycles. The highest BCUT2D eigenvalue weighted by Gasteiger charge is 2.08. The Labute approximate surface area is 95.4 Å². The van der Waals surface area contributed by atoms with Crippen molar-refractivity contribution in [2.75, 3.05) is 12.9 Å². The normalized spacial score (nSPS) is 12.9. The molecule has 0 aromatic carbocycles. The number of methoxy groups -OCH3 is 1. The summed E-state index contributed by atoms with van der Waals surface area (Å²) in [5.41, 5.74) is 7.08. The van der Waals surface area contributed by atoms with Gasteiger partial charge in [-0.05, 0) is 16.9 Å². The van der Waals surface area contributed by atoms with Crippen LogP contribution in [0, 0.1) is 0 Å². The van der Waals surface area contributed by atoms with Gasteiger partial charge in [0.05, 0.1) is 13.3 Å². The molecule has 0 radical (unpaired) electrons. The van der Waals surface area contributed by atoms with Gasteiger partial charge in [0, 0.05) is 18.0 Å². The Kier molecular flexibility index (Phi) is 4.91. The van der Waals surface area contributed by atoms with Gasteiger partial charge in [-0.2, -0.15) is 11.8 Å². The van der Waals surface area contributed by atoms with Crippen molar-refractivity contribution in [1.82, 2.24) is 4.98 Å². The number of hydrogen-bond acceptors (Lipinski definition) is 4. The zero-order valence-corrected chi connectivity index (χ0v) is 10.3. The Hall–Kier alpha value is -0.740. The number of rotatable bonds is 5. The van der Waals surface area contributed by atoms with Gasteiger partial charge in [0.2, 0.25) is 0 Å². The van der Waals surface area contributed by atoms with Crippen molar-refractivity contribution in [2.45, 2.75) is 25.1 Å². The molecule has 3 nitrogen and oxygen atoms in total. The summed E-state index contributed by atoms with van der Waals surface area (Å²) in [7, 11) is 1.63. The Balaban J connectivity index is 2.60. The number of thioether (sulfide) groups is 1. The number of nitrogens with zero attached hydrogens (tertiary/aromatic N) is 1.